The van der Waals surface area contributed by atoms with Crippen molar-refractivity contribution < 1.29 is 14.6 Å². The van der Waals surface area contributed by atoms with Gasteiger partial charge in [-0.3, -0.25) is 14.8 Å². The van der Waals surface area contributed by atoms with E-state index >= 15 is 0 Å². The molecule has 1 unspecified atom stereocenters. The van der Waals surface area contributed by atoms with Crippen molar-refractivity contribution in [1.82, 2.24) is 9.97 Å². The maximum absolute atomic E-state index is 11.1. The van der Waals surface area contributed by atoms with Crippen LogP contribution in [-0.2, 0) is 11.2 Å². The molecule has 3 aromatic rings. The Hall–Kier alpha value is -3.65. The lowest BCUT2D eigenvalue weighted by Gasteiger charge is -2.08. The molecule has 0 aliphatic heterocycles. The van der Waals surface area contributed by atoms with E-state index in [0.29, 0.717) is 6.42 Å². The number of terminal acetylenes is 1. The van der Waals surface area contributed by atoms with E-state index in [0.717, 1.165) is 46.9 Å². The van der Waals surface area contributed by atoms with Crippen LogP contribution in [0.15, 0.2) is 60.9 Å². The first-order chi connectivity index (χ1) is 16.1. The molecule has 1 heterocycles. The molecule has 0 amide bonds. The van der Waals surface area contributed by atoms with Gasteiger partial charge in [0.2, 0.25) is 0 Å². The number of aliphatic carboxylic acids is 1. The summed E-state index contributed by atoms with van der Waals surface area (Å²) in [5.74, 6) is 1.38. The highest BCUT2D eigenvalue weighted by Gasteiger charge is 2.14. The van der Waals surface area contributed by atoms with E-state index in [1.54, 1.807) is 12.4 Å². The van der Waals surface area contributed by atoms with Crippen molar-refractivity contribution in [2.24, 2.45) is 5.92 Å². The van der Waals surface area contributed by atoms with Gasteiger partial charge in [0, 0.05) is 11.1 Å². The van der Waals surface area contributed by atoms with E-state index in [4.69, 9.17) is 16.3 Å². The van der Waals surface area contributed by atoms with Crippen LogP contribution in [-0.4, -0.2) is 27.7 Å². The fraction of sp³-hybridized carbons (Fsp3) is 0.321. The number of unbranched alkanes of at least 4 members (excludes halogenated alkanes) is 4. The molecule has 0 saturated carbocycles. The molecule has 0 aliphatic rings. The van der Waals surface area contributed by atoms with Crippen molar-refractivity contribution in [3.8, 4) is 40.6 Å². The van der Waals surface area contributed by atoms with Crippen LogP contribution in [0.25, 0.3) is 22.5 Å². The molecule has 1 N–H and O–H groups in total. The van der Waals surface area contributed by atoms with Gasteiger partial charge in [0.25, 0.3) is 0 Å². The van der Waals surface area contributed by atoms with Gasteiger partial charge in [-0.1, -0.05) is 62.8 Å². The van der Waals surface area contributed by atoms with E-state index in [9.17, 15) is 4.79 Å². The summed E-state index contributed by atoms with van der Waals surface area (Å²) in [5.41, 5.74) is 4.30. The lowest BCUT2D eigenvalue weighted by atomic mass is 9.99. The lowest BCUT2D eigenvalue weighted by Crippen LogP contribution is -2.14. The second-order valence-corrected chi connectivity index (χ2v) is 8.03. The Bertz CT molecular complexity index is 1050. The predicted molar refractivity (Wildman–Crippen MR) is 131 cm³/mol. The van der Waals surface area contributed by atoms with Gasteiger partial charge >= 0.3 is 5.97 Å². The largest absolute Gasteiger partial charge is 0.494 e. The lowest BCUT2D eigenvalue weighted by molar-refractivity contribution is -0.139. The van der Waals surface area contributed by atoms with Gasteiger partial charge in [-0.05, 0) is 42.7 Å². The van der Waals surface area contributed by atoms with E-state index in [2.05, 4.69) is 22.8 Å². The second kappa shape index (κ2) is 12.4. The van der Waals surface area contributed by atoms with Crippen molar-refractivity contribution in [2.75, 3.05) is 6.61 Å². The highest BCUT2D eigenvalue weighted by atomic mass is 16.5. The minimum atomic E-state index is -0.981. The van der Waals surface area contributed by atoms with Gasteiger partial charge in [-0.15, -0.1) is 6.42 Å². The summed E-state index contributed by atoms with van der Waals surface area (Å²) in [6.07, 6.45) is 15.2. The minimum Gasteiger partial charge on any atom is -0.494 e. The first kappa shape index (κ1) is 24.0. The predicted octanol–water partition coefficient (Wildman–Crippen LogP) is 6.04. The molecule has 0 radical (unpaired) electrons. The Morgan fingerprint density at radius 1 is 0.939 bits per heavy atom. The van der Waals surface area contributed by atoms with Crippen molar-refractivity contribution in [3.63, 3.8) is 0 Å². The first-order valence-corrected chi connectivity index (χ1v) is 11.4. The molecule has 0 bridgehead atoms. The van der Waals surface area contributed by atoms with E-state index in [1.807, 2.05) is 48.5 Å². The van der Waals surface area contributed by atoms with Crippen molar-refractivity contribution in [1.29, 1.82) is 0 Å². The third-order valence-corrected chi connectivity index (χ3v) is 5.51. The van der Waals surface area contributed by atoms with Gasteiger partial charge in [0.1, 0.15) is 11.7 Å². The van der Waals surface area contributed by atoms with Crippen LogP contribution in [0.5, 0.6) is 5.75 Å². The number of carboxylic acid groups (broad SMARTS) is 1. The number of carboxylic acids is 1. The smallest absolute Gasteiger partial charge is 0.319 e. The fourth-order valence-corrected chi connectivity index (χ4v) is 3.51. The van der Waals surface area contributed by atoms with Crippen molar-refractivity contribution >= 4 is 5.97 Å². The van der Waals surface area contributed by atoms with Crippen LogP contribution in [0.4, 0.5) is 0 Å². The zero-order valence-corrected chi connectivity index (χ0v) is 19.0. The summed E-state index contributed by atoms with van der Waals surface area (Å²) in [4.78, 5) is 20.2. The average molecular weight is 443 g/mol. The molecule has 3 rings (SSSR count). The molecule has 2 aromatic carbocycles. The summed E-state index contributed by atoms with van der Waals surface area (Å²) < 4.78 is 5.83. The highest BCUT2D eigenvalue weighted by molar-refractivity contribution is 5.74. The molecular formula is C28H30N2O3. The summed E-state index contributed by atoms with van der Waals surface area (Å²) in [5, 5.41) is 9.11. The average Bonchev–Trinajstić information content (AvgIpc) is 2.85. The molecular weight excluding hydrogens is 412 g/mol. The molecule has 0 aliphatic carbocycles. The van der Waals surface area contributed by atoms with Crippen molar-refractivity contribution in [2.45, 2.75) is 45.4 Å². The van der Waals surface area contributed by atoms with Crippen molar-refractivity contribution in [3.05, 3.63) is 66.5 Å². The minimum absolute atomic E-state index is 0.301. The Morgan fingerprint density at radius 2 is 1.52 bits per heavy atom. The quantitative estimate of drug-likeness (QED) is 0.274. The zero-order chi connectivity index (χ0) is 23.5. The zero-order valence-electron chi connectivity index (χ0n) is 19.0. The number of benzene rings is 2. The number of hydrogen-bond acceptors (Lipinski definition) is 4. The number of aromatic nitrogens is 2. The number of hydrogen-bond donors (Lipinski definition) is 1. The Morgan fingerprint density at radius 3 is 2.03 bits per heavy atom. The number of carbonyl (C=O) groups is 1. The van der Waals surface area contributed by atoms with Gasteiger partial charge in [-0.2, -0.15) is 0 Å². The summed E-state index contributed by atoms with van der Waals surface area (Å²) in [6, 6.07) is 15.5. The summed E-state index contributed by atoms with van der Waals surface area (Å²) in [7, 11) is 0. The normalized spacial score (nSPS) is 11.5. The Balaban J connectivity index is 1.56. The molecule has 5 heteroatoms. The monoisotopic (exact) mass is 442 g/mol. The van der Waals surface area contributed by atoms with E-state index < -0.39 is 11.9 Å². The van der Waals surface area contributed by atoms with Crippen LogP contribution in [0.3, 0.4) is 0 Å². The third kappa shape index (κ3) is 7.18. The van der Waals surface area contributed by atoms with Gasteiger partial charge < -0.3 is 9.84 Å². The van der Waals surface area contributed by atoms with Gasteiger partial charge in [0.15, 0.2) is 0 Å². The van der Waals surface area contributed by atoms with Crippen LogP contribution in [0.2, 0.25) is 0 Å². The van der Waals surface area contributed by atoms with Crippen LogP contribution >= 0.6 is 0 Å². The topological polar surface area (TPSA) is 72.3 Å². The summed E-state index contributed by atoms with van der Waals surface area (Å²) in [6.45, 7) is 2.96. The molecule has 0 fully saturated rings. The molecule has 0 saturated heterocycles. The van der Waals surface area contributed by atoms with Gasteiger partial charge in [-0.25, -0.2) is 0 Å². The van der Waals surface area contributed by atoms with E-state index in [-0.39, 0.29) is 0 Å². The molecule has 1 aromatic heterocycles. The maximum atomic E-state index is 11.1. The molecule has 33 heavy (non-hydrogen) atoms. The second-order valence-electron chi connectivity index (χ2n) is 8.03. The Labute approximate surface area is 195 Å². The maximum Gasteiger partial charge on any atom is 0.319 e. The summed E-state index contributed by atoms with van der Waals surface area (Å²) >= 11 is 0. The van der Waals surface area contributed by atoms with E-state index in [1.165, 1.54) is 25.7 Å². The molecule has 1 atom stereocenters. The molecule has 0 spiro atoms. The molecule has 5 nitrogen and oxygen atoms in total. The molecule has 170 valence electrons. The number of rotatable bonds is 12. The first-order valence-electron chi connectivity index (χ1n) is 11.4. The van der Waals surface area contributed by atoms with Crippen LogP contribution in [0.1, 0.15) is 44.6 Å². The SMILES string of the molecule is C#CC(Cc1ccc(-c2cnc(-c3ccc(OCCCCCCC)cc3)cn2)cc1)C(=O)O. The standard InChI is InChI=1S/C28H30N2O3/c1-3-5-6-7-8-17-33-25-15-13-24(14-16-25)27-20-29-26(19-30-27)23-11-9-21(10-12-23)18-22(4-2)28(31)32/h2,9-16,19-20,22H,3,5-8,17-18H2,1H3,(H,31,32). The highest BCUT2D eigenvalue weighted by Crippen LogP contribution is 2.23. The third-order valence-electron chi connectivity index (χ3n) is 5.51. The van der Waals surface area contributed by atoms with Gasteiger partial charge in [0.05, 0.1) is 30.4 Å². The Kier molecular flexibility index (Phi) is 9.02. The number of nitrogens with zero attached hydrogens (tertiary/aromatic N) is 2. The fourth-order valence-electron chi connectivity index (χ4n) is 3.51. The van der Waals surface area contributed by atoms with Crippen LogP contribution < -0.4 is 4.74 Å². The van der Waals surface area contributed by atoms with Crippen LogP contribution in [0, 0.1) is 18.3 Å². The number of ether oxygens (including phenoxy) is 1.